The van der Waals surface area contributed by atoms with Crippen molar-refractivity contribution in [3.63, 3.8) is 0 Å². The largest absolute Gasteiger partial charge is 0.487 e. The first-order chi connectivity index (χ1) is 10.3. The van der Waals surface area contributed by atoms with Crippen molar-refractivity contribution in [1.82, 2.24) is 10.3 Å². The number of pyridine rings is 1. The lowest BCUT2D eigenvalue weighted by Crippen LogP contribution is -2.19. The van der Waals surface area contributed by atoms with E-state index in [-0.39, 0.29) is 0 Å². The van der Waals surface area contributed by atoms with Gasteiger partial charge in [-0.3, -0.25) is 4.98 Å². The van der Waals surface area contributed by atoms with E-state index in [0.29, 0.717) is 6.61 Å². The van der Waals surface area contributed by atoms with Crippen LogP contribution >= 0.6 is 15.9 Å². The minimum absolute atomic E-state index is 0.568. The Morgan fingerprint density at radius 3 is 2.62 bits per heavy atom. The summed E-state index contributed by atoms with van der Waals surface area (Å²) < 4.78 is 6.66. The number of hydrogen-bond acceptors (Lipinski definition) is 3. The average Bonchev–Trinajstić information content (AvgIpc) is 3.31. The quantitative estimate of drug-likeness (QED) is 0.829. The van der Waals surface area contributed by atoms with E-state index in [4.69, 9.17) is 4.74 Å². The molecular formula is C17H19BrN2O. The fourth-order valence-electron chi connectivity index (χ4n) is 2.15. The fraction of sp³-hybridized carbons (Fsp3) is 0.353. The van der Waals surface area contributed by atoms with Gasteiger partial charge >= 0.3 is 0 Å². The third kappa shape index (κ3) is 4.83. The lowest BCUT2D eigenvalue weighted by Gasteiger charge is -2.07. The van der Waals surface area contributed by atoms with E-state index in [2.05, 4.69) is 50.5 Å². The van der Waals surface area contributed by atoms with Crippen LogP contribution in [-0.4, -0.2) is 17.6 Å². The third-order valence-electron chi connectivity index (χ3n) is 3.53. The smallest absolute Gasteiger partial charge is 0.139 e. The molecule has 3 nitrogen and oxygen atoms in total. The first-order valence-corrected chi connectivity index (χ1v) is 8.13. The van der Waals surface area contributed by atoms with Crippen molar-refractivity contribution in [2.45, 2.75) is 31.9 Å². The van der Waals surface area contributed by atoms with Crippen molar-refractivity contribution in [1.29, 1.82) is 0 Å². The summed E-state index contributed by atoms with van der Waals surface area (Å²) in [7, 11) is 0. The second-order valence-electron chi connectivity index (χ2n) is 5.42. The van der Waals surface area contributed by atoms with E-state index in [1.807, 2.05) is 6.07 Å². The van der Waals surface area contributed by atoms with Gasteiger partial charge in [-0.05, 0) is 58.9 Å². The van der Waals surface area contributed by atoms with Gasteiger partial charge in [0.05, 0.1) is 6.20 Å². The molecule has 1 aliphatic carbocycles. The summed E-state index contributed by atoms with van der Waals surface area (Å²) >= 11 is 3.39. The molecule has 0 bridgehead atoms. The van der Waals surface area contributed by atoms with Crippen LogP contribution in [0.5, 0.6) is 5.75 Å². The van der Waals surface area contributed by atoms with Gasteiger partial charge in [-0.1, -0.05) is 24.3 Å². The van der Waals surface area contributed by atoms with Crippen LogP contribution in [0, 0.1) is 0 Å². The van der Waals surface area contributed by atoms with Crippen molar-refractivity contribution in [3.8, 4) is 5.75 Å². The van der Waals surface area contributed by atoms with Crippen LogP contribution in [0.15, 0.2) is 47.2 Å². The molecule has 1 fully saturated rings. The van der Waals surface area contributed by atoms with Crippen LogP contribution in [0.2, 0.25) is 0 Å². The van der Waals surface area contributed by atoms with Gasteiger partial charge in [0.1, 0.15) is 12.4 Å². The maximum Gasteiger partial charge on any atom is 0.139 e. The van der Waals surface area contributed by atoms with E-state index in [9.17, 15) is 0 Å². The Morgan fingerprint density at radius 2 is 1.90 bits per heavy atom. The Morgan fingerprint density at radius 1 is 1.14 bits per heavy atom. The molecular weight excluding hydrogens is 328 g/mol. The highest BCUT2D eigenvalue weighted by atomic mass is 79.9. The zero-order valence-corrected chi connectivity index (χ0v) is 13.5. The van der Waals surface area contributed by atoms with Crippen LogP contribution < -0.4 is 10.1 Å². The molecule has 110 valence electrons. The van der Waals surface area contributed by atoms with Gasteiger partial charge in [0.2, 0.25) is 0 Å². The van der Waals surface area contributed by atoms with E-state index in [1.165, 1.54) is 24.0 Å². The monoisotopic (exact) mass is 346 g/mol. The van der Waals surface area contributed by atoms with Gasteiger partial charge in [0, 0.05) is 16.7 Å². The molecule has 0 saturated heterocycles. The van der Waals surface area contributed by atoms with Crippen LogP contribution in [-0.2, 0) is 13.0 Å². The summed E-state index contributed by atoms with van der Waals surface area (Å²) in [5.74, 6) is 0.780. The number of benzene rings is 1. The lowest BCUT2D eigenvalue weighted by molar-refractivity contribution is 0.304. The Balaban J connectivity index is 1.47. The van der Waals surface area contributed by atoms with Gasteiger partial charge in [0.15, 0.2) is 0 Å². The first-order valence-electron chi connectivity index (χ1n) is 7.34. The second kappa shape index (κ2) is 7.05. The Bertz CT molecular complexity index is 582. The number of nitrogens with zero attached hydrogens (tertiary/aromatic N) is 1. The zero-order valence-electron chi connectivity index (χ0n) is 11.9. The zero-order chi connectivity index (χ0) is 14.5. The highest BCUT2D eigenvalue weighted by Crippen LogP contribution is 2.19. The SMILES string of the molecule is Brc1cncc(OCc2ccc(CCNC3CC3)cc2)c1. The molecule has 1 saturated carbocycles. The number of aromatic nitrogens is 1. The van der Waals surface area contributed by atoms with Gasteiger partial charge in [-0.25, -0.2) is 0 Å². The van der Waals surface area contributed by atoms with Gasteiger partial charge in [0.25, 0.3) is 0 Å². The Kier molecular flexibility index (Phi) is 4.88. The number of hydrogen-bond donors (Lipinski definition) is 1. The molecule has 0 aliphatic heterocycles. The summed E-state index contributed by atoms with van der Waals surface area (Å²) in [6.07, 6.45) is 7.26. The van der Waals surface area contributed by atoms with Crippen LogP contribution in [0.4, 0.5) is 0 Å². The van der Waals surface area contributed by atoms with Crippen LogP contribution in [0.3, 0.4) is 0 Å². The molecule has 1 aromatic heterocycles. The van der Waals surface area contributed by atoms with Crippen molar-refractivity contribution in [3.05, 3.63) is 58.3 Å². The van der Waals surface area contributed by atoms with E-state index >= 15 is 0 Å². The van der Waals surface area contributed by atoms with E-state index in [1.54, 1.807) is 12.4 Å². The molecule has 0 atom stereocenters. The normalized spacial score (nSPS) is 14.1. The number of halogens is 1. The summed E-state index contributed by atoms with van der Waals surface area (Å²) in [6.45, 7) is 1.64. The maximum atomic E-state index is 5.73. The van der Waals surface area contributed by atoms with E-state index < -0.39 is 0 Å². The summed E-state index contributed by atoms with van der Waals surface area (Å²) in [6, 6.07) is 11.4. The Labute approximate surface area is 133 Å². The summed E-state index contributed by atoms with van der Waals surface area (Å²) in [5.41, 5.74) is 2.55. The Hall–Kier alpha value is -1.39. The molecule has 4 heteroatoms. The van der Waals surface area contributed by atoms with Gasteiger partial charge in [-0.2, -0.15) is 0 Å². The van der Waals surface area contributed by atoms with Crippen molar-refractivity contribution in [2.24, 2.45) is 0 Å². The van der Waals surface area contributed by atoms with Crippen LogP contribution in [0.25, 0.3) is 0 Å². The molecule has 0 radical (unpaired) electrons. The molecule has 0 unspecified atom stereocenters. The molecule has 2 aromatic rings. The standard InChI is InChI=1S/C17H19BrN2O/c18-15-9-17(11-19-10-15)21-12-14-3-1-13(2-4-14)7-8-20-16-5-6-16/h1-4,9-11,16,20H,5-8,12H2. The molecule has 1 N–H and O–H groups in total. The predicted octanol–water partition coefficient (Wildman–Crippen LogP) is 3.72. The van der Waals surface area contributed by atoms with Crippen molar-refractivity contribution in [2.75, 3.05) is 6.54 Å². The lowest BCUT2D eigenvalue weighted by atomic mass is 10.1. The van der Waals surface area contributed by atoms with Crippen molar-refractivity contribution >= 4 is 15.9 Å². The molecule has 1 heterocycles. The predicted molar refractivity (Wildman–Crippen MR) is 87.4 cm³/mol. The second-order valence-corrected chi connectivity index (χ2v) is 6.34. The van der Waals surface area contributed by atoms with Crippen LogP contribution in [0.1, 0.15) is 24.0 Å². The van der Waals surface area contributed by atoms with Gasteiger partial charge in [-0.15, -0.1) is 0 Å². The number of nitrogens with one attached hydrogen (secondary N) is 1. The topological polar surface area (TPSA) is 34.1 Å². The summed E-state index contributed by atoms with van der Waals surface area (Å²) in [5, 5.41) is 3.54. The fourth-order valence-corrected chi connectivity index (χ4v) is 2.49. The van der Waals surface area contributed by atoms with Crippen molar-refractivity contribution < 1.29 is 4.74 Å². The average molecular weight is 347 g/mol. The highest BCUT2D eigenvalue weighted by molar-refractivity contribution is 9.10. The molecule has 21 heavy (non-hydrogen) atoms. The molecule has 0 spiro atoms. The highest BCUT2D eigenvalue weighted by Gasteiger charge is 2.19. The van der Waals surface area contributed by atoms with Gasteiger partial charge < -0.3 is 10.1 Å². The molecule has 0 amide bonds. The molecule has 3 rings (SSSR count). The minimum Gasteiger partial charge on any atom is -0.487 e. The molecule has 1 aromatic carbocycles. The van der Waals surface area contributed by atoms with E-state index in [0.717, 1.165) is 29.2 Å². The number of rotatable bonds is 7. The number of ether oxygens (including phenoxy) is 1. The first kappa shape index (κ1) is 14.5. The maximum absolute atomic E-state index is 5.73. The summed E-state index contributed by atoms with van der Waals surface area (Å²) in [4.78, 5) is 4.08. The molecule has 1 aliphatic rings. The minimum atomic E-state index is 0.568. The third-order valence-corrected chi connectivity index (χ3v) is 3.97.